The first-order chi connectivity index (χ1) is 8.02. The van der Waals surface area contributed by atoms with Crippen LogP contribution in [0.5, 0.6) is 0 Å². The van der Waals surface area contributed by atoms with Gasteiger partial charge in [0, 0.05) is 13.1 Å². The number of carboxylic acids is 1. The van der Waals surface area contributed by atoms with Gasteiger partial charge in [-0.1, -0.05) is 43.7 Å². The zero-order chi connectivity index (χ0) is 12.8. The molecule has 1 rings (SSSR count). The third-order valence-corrected chi connectivity index (χ3v) is 2.93. The van der Waals surface area contributed by atoms with Gasteiger partial charge in [0.15, 0.2) is 0 Å². The maximum Gasteiger partial charge on any atom is 0.307 e. The fraction of sp³-hybridized carbons (Fsp3) is 0.500. The van der Waals surface area contributed by atoms with Gasteiger partial charge in [-0.15, -0.1) is 0 Å². The van der Waals surface area contributed by atoms with Crippen molar-refractivity contribution in [2.24, 2.45) is 5.92 Å². The summed E-state index contributed by atoms with van der Waals surface area (Å²) in [6, 6.07) is 8.38. The highest BCUT2D eigenvalue weighted by atomic mass is 16.4. The van der Waals surface area contributed by atoms with Crippen LogP contribution >= 0.6 is 0 Å². The summed E-state index contributed by atoms with van der Waals surface area (Å²) >= 11 is 0. The molecule has 3 heteroatoms. The molecule has 0 radical (unpaired) electrons. The van der Waals surface area contributed by atoms with Gasteiger partial charge in [0.25, 0.3) is 0 Å². The maximum absolute atomic E-state index is 10.8. The molecule has 1 aromatic carbocycles. The van der Waals surface area contributed by atoms with E-state index in [4.69, 9.17) is 5.11 Å². The van der Waals surface area contributed by atoms with Gasteiger partial charge in [-0.3, -0.25) is 9.69 Å². The number of carboxylic acid groups (broad SMARTS) is 1. The summed E-state index contributed by atoms with van der Waals surface area (Å²) in [6.07, 6.45) is 0. The van der Waals surface area contributed by atoms with E-state index in [1.165, 1.54) is 11.1 Å². The standard InChI is InChI=1S/C14H21NO2/c1-4-15(9-12(3)14(16)17)10-13-7-5-11(2)6-8-13/h5-8,12H,4,9-10H2,1-3H3,(H,16,17). The minimum Gasteiger partial charge on any atom is -0.481 e. The molecule has 17 heavy (non-hydrogen) atoms. The Morgan fingerprint density at radius 2 is 1.94 bits per heavy atom. The average Bonchev–Trinajstić information content (AvgIpc) is 2.30. The zero-order valence-electron chi connectivity index (χ0n) is 10.8. The van der Waals surface area contributed by atoms with Crippen LogP contribution in [-0.4, -0.2) is 29.1 Å². The zero-order valence-corrected chi connectivity index (χ0v) is 10.8. The first kappa shape index (κ1) is 13.7. The van der Waals surface area contributed by atoms with Crippen molar-refractivity contribution in [3.63, 3.8) is 0 Å². The van der Waals surface area contributed by atoms with Crippen LogP contribution in [0.15, 0.2) is 24.3 Å². The highest BCUT2D eigenvalue weighted by molar-refractivity contribution is 5.69. The topological polar surface area (TPSA) is 40.5 Å². The molecule has 0 bridgehead atoms. The molecule has 0 saturated heterocycles. The van der Waals surface area contributed by atoms with Gasteiger partial charge in [-0.05, 0) is 19.0 Å². The molecule has 0 aliphatic heterocycles. The second-order valence-electron chi connectivity index (χ2n) is 4.55. The predicted molar refractivity (Wildman–Crippen MR) is 68.9 cm³/mol. The molecule has 1 atom stereocenters. The molecule has 1 unspecified atom stereocenters. The molecule has 0 fully saturated rings. The van der Waals surface area contributed by atoms with E-state index in [-0.39, 0.29) is 5.92 Å². The van der Waals surface area contributed by atoms with Gasteiger partial charge in [0.1, 0.15) is 0 Å². The van der Waals surface area contributed by atoms with Gasteiger partial charge < -0.3 is 5.11 Å². The summed E-state index contributed by atoms with van der Waals surface area (Å²) in [5, 5.41) is 8.90. The first-order valence-electron chi connectivity index (χ1n) is 6.03. The number of aryl methyl sites for hydroxylation is 1. The van der Waals surface area contributed by atoms with E-state index in [1.807, 2.05) is 0 Å². The van der Waals surface area contributed by atoms with Crippen molar-refractivity contribution in [2.45, 2.75) is 27.3 Å². The number of carbonyl (C=O) groups is 1. The predicted octanol–water partition coefficient (Wildman–Crippen LogP) is 2.54. The van der Waals surface area contributed by atoms with Gasteiger partial charge in [0.05, 0.1) is 5.92 Å². The highest BCUT2D eigenvalue weighted by Crippen LogP contribution is 2.09. The molecule has 0 aliphatic carbocycles. The summed E-state index contributed by atoms with van der Waals surface area (Å²) < 4.78 is 0. The Balaban J connectivity index is 2.57. The van der Waals surface area contributed by atoms with Crippen molar-refractivity contribution < 1.29 is 9.90 Å². The van der Waals surface area contributed by atoms with Crippen LogP contribution in [0.25, 0.3) is 0 Å². The van der Waals surface area contributed by atoms with E-state index in [2.05, 4.69) is 43.0 Å². The molecular weight excluding hydrogens is 214 g/mol. The summed E-state index contributed by atoms with van der Waals surface area (Å²) in [5.41, 5.74) is 2.48. The number of hydrogen-bond acceptors (Lipinski definition) is 2. The Kier molecular flexibility index (Phi) is 5.16. The molecule has 0 amide bonds. The van der Waals surface area contributed by atoms with Crippen molar-refractivity contribution in [3.05, 3.63) is 35.4 Å². The number of aliphatic carboxylic acids is 1. The van der Waals surface area contributed by atoms with Crippen LogP contribution in [0.4, 0.5) is 0 Å². The van der Waals surface area contributed by atoms with E-state index in [9.17, 15) is 4.79 Å². The van der Waals surface area contributed by atoms with Gasteiger partial charge in [0.2, 0.25) is 0 Å². The number of rotatable bonds is 6. The van der Waals surface area contributed by atoms with E-state index in [0.717, 1.165) is 13.1 Å². The smallest absolute Gasteiger partial charge is 0.307 e. The van der Waals surface area contributed by atoms with Crippen LogP contribution in [0.3, 0.4) is 0 Å². The van der Waals surface area contributed by atoms with Crippen LogP contribution in [-0.2, 0) is 11.3 Å². The number of nitrogens with zero attached hydrogens (tertiary/aromatic N) is 1. The minimum absolute atomic E-state index is 0.319. The third kappa shape index (κ3) is 4.57. The van der Waals surface area contributed by atoms with Crippen molar-refractivity contribution in [1.29, 1.82) is 0 Å². The minimum atomic E-state index is -0.729. The molecular formula is C14H21NO2. The second-order valence-corrected chi connectivity index (χ2v) is 4.55. The molecule has 0 aliphatic rings. The van der Waals surface area contributed by atoms with E-state index in [1.54, 1.807) is 6.92 Å². The Hall–Kier alpha value is -1.35. The van der Waals surface area contributed by atoms with Crippen LogP contribution in [0.2, 0.25) is 0 Å². The fourth-order valence-corrected chi connectivity index (χ4v) is 1.72. The monoisotopic (exact) mass is 235 g/mol. The summed E-state index contributed by atoms with van der Waals surface area (Å²) in [5.74, 6) is -1.05. The lowest BCUT2D eigenvalue weighted by Crippen LogP contribution is -2.31. The van der Waals surface area contributed by atoms with Crippen molar-refractivity contribution in [3.8, 4) is 0 Å². The van der Waals surface area contributed by atoms with E-state index < -0.39 is 5.97 Å². The number of hydrogen-bond donors (Lipinski definition) is 1. The molecule has 0 spiro atoms. The van der Waals surface area contributed by atoms with Crippen molar-refractivity contribution >= 4 is 5.97 Å². The molecule has 94 valence electrons. The Morgan fingerprint density at radius 1 is 1.35 bits per heavy atom. The fourth-order valence-electron chi connectivity index (χ4n) is 1.72. The summed E-state index contributed by atoms with van der Waals surface area (Å²) in [4.78, 5) is 13.0. The lowest BCUT2D eigenvalue weighted by atomic mass is 10.1. The van der Waals surface area contributed by atoms with E-state index >= 15 is 0 Å². The quantitative estimate of drug-likeness (QED) is 0.823. The van der Waals surface area contributed by atoms with Gasteiger partial charge in [-0.25, -0.2) is 0 Å². The molecule has 3 nitrogen and oxygen atoms in total. The summed E-state index contributed by atoms with van der Waals surface area (Å²) in [6.45, 7) is 8.15. The molecule has 0 aromatic heterocycles. The lowest BCUT2D eigenvalue weighted by molar-refractivity contribution is -0.141. The largest absolute Gasteiger partial charge is 0.481 e. The average molecular weight is 235 g/mol. The first-order valence-corrected chi connectivity index (χ1v) is 6.03. The SMILES string of the molecule is CCN(Cc1ccc(C)cc1)CC(C)C(=O)O. The maximum atomic E-state index is 10.8. The molecule has 1 aromatic rings. The number of benzene rings is 1. The van der Waals surface area contributed by atoms with Crippen LogP contribution < -0.4 is 0 Å². The molecule has 1 N–H and O–H groups in total. The van der Waals surface area contributed by atoms with Crippen LogP contribution in [0.1, 0.15) is 25.0 Å². The van der Waals surface area contributed by atoms with Gasteiger partial charge in [-0.2, -0.15) is 0 Å². The highest BCUT2D eigenvalue weighted by Gasteiger charge is 2.15. The molecule has 0 saturated carbocycles. The molecule has 0 heterocycles. The normalized spacial score (nSPS) is 12.7. The van der Waals surface area contributed by atoms with E-state index in [0.29, 0.717) is 6.54 Å². The van der Waals surface area contributed by atoms with Gasteiger partial charge >= 0.3 is 5.97 Å². The second kappa shape index (κ2) is 6.40. The third-order valence-electron chi connectivity index (χ3n) is 2.93. The Bertz CT molecular complexity index is 359. The van der Waals surface area contributed by atoms with Crippen molar-refractivity contribution in [1.82, 2.24) is 4.90 Å². The Labute approximate surface area is 103 Å². The lowest BCUT2D eigenvalue weighted by Gasteiger charge is -2.22. The Morgan fingerprint density at radius 3 is 2.41 bits per heavy atom. The van der Waals surface area contributed by atoms with Crippen LogP contribution in [0, 0.1) is 12.8 Å². The summed E-state index contributed by atoms with van der Waals surface area (Å²) in [7, 11) is 0. The van der Waals surface area contributed by atoms with Crippen molar-refractivity contribution in [2.75, 3.05) is 13.1 Å².